The Morgan fingerprint density at radius 3 is 2.49 bits per heavy atom. The van der Waals surface area contributed by atoms with Gasteiger partial charge < -0.3 is 29.7 Å². The van der Waals surface area contributed by atoms with Gasteiger partial charge >= 0.3 is 5.97 Å². The summed E-state index contributed by atoms with van der Waals surface area (Å²) in [6.45, 7) is 2.01. The van der Waals surface area contributed by atoms with Gasteiger partial charge in [-0.2, -0.15) is 0 Å². The van der Waals surface area contributed by atoms with Gasteiger partial charge in [0.2, 0.25) is 11.8 Å². The molecule has 4 aliphatic heterocycles. The van der Waals surface area contributed by atoms with Crippen LogP contribution in [-0.2, 0) is 28.7 Å². The van der Waals surface area contributed by atoms with Gasteiger partial charge in [-0.15, -0.1) is 0 Å². The number of hydrogen-bond acceptors (Lipinski definition) is 7. The predicted molar refractivity (Wildman–Crippen MR) is 178 cm³/mol. The van der Waals surface area contributed by atoms with E-state index in [-0.39, 0.29) is 32.0 Å². The predicted octanol–water partition coefficient (Wildman–Crippen LogP) is 4.46. The van der Waals surface area contributed by atoms with Crippen LogP contribution in [0.4, 0.5) is 5.69 Å². The number of anilines is 1. The van der Waals surface area contributed by atoms with Crippen LogP contribution in [0.15, 0.2) is 77.3 Å². The SMILES string of the molecule is C[C@H]1NC(=O)CC/C=C\CN(c2ccccc2Cl)C(=O)[C@@H]2N(CCCCO)C(=O)[C@H]3[C@H](C(=O)O[C@@H]1c1ccccc1)[C@H]1O[C@@]23C=C1Br. The number of halogens is 2. The number of carbonyl (C=O) groups is 4. The highest BCUT2D eigenvalue weighted by Gasteiger charge is 2.75. The van der Waals surface area contributed by atoms with E-state index in [1.54, 1.807) is 43.3 Å². The number of cyclic esters (lactones) is 1. The zero-order valence-corrected chi connectivity index (χ0v) is 28.2. The van der Waals surface area contributed by atoms with E-state index in [2.05, 4.69) is 21.2 Å². The summed E-state index contributed by atoms with van der Waals surface area (Å²) in [4.78, 5) is 59.6. The summed E-state index contributed by atoms with van der Waals surface area (Å²) >= 11 is 10.2. The van der Waals surface area contributed by atoms with Crippen molar-refractivity contribution >= 4 is 56.9 Å². The van der Waals surface area contributed by atoms with E-state index in [1.807, 2.05) is 36.4 Å². The van der Waals surface area contributed by atoms with Crippen LogP contribution in [0.25, 0.3) is 0 Å². The first kappa shape index (κ1) is 33.4. The molecule has 0 aromatic heterocycles. The molecule has 47 heavy (non-hydrogen) atoms. The van der Waals surface area contributed by atoms with E-state index in [9.17, 15) is 24.3 Å². The normalized spacial score (nSPS) is 31.8. The number of nitrogens with zero attached hydrogens (tertiary/aromatic N) is 2. The van der Waals surface area contributed by atoms with Gasteiger partial charge in [0.1, 0.15) is 29.8 Å². The van der Waals surface area contributed by atoms with Crippen LogP contribution in [0, 0.1) is 11.8 Å². The molecule has 0 aliphatic carbocycles. The second kappa shape index (κ2) is 13.9. The molecule has 2 N–H and O–H groups in total. The number of allylic oxidation sites excluding steroid dienone is 1. The van der Waals surface area contributed by atoms with Crippen molar-refractivity contribution < 1.29 is 33.8 Å². The molecule has 2 aromatic rings. The Bertz CT molecular complexity index is 1600. The van der Waals surface area contributed by atoms with Crippen molar-refractivity contribution in [2.75, 3.05) is 24.6 Å². The molecule has 7 atom stereocenters. The molecule has 4 aliphatic rings. The van der Waals surface area contributed by atoms with Crippen molar-refractivity contribution in [1.29, 1.82) is 0 Å². The number of rotatable bonds is 6. The van der Waals surface area contributed by atoms with Crippen LogP contribution in [-0.4, -0.2) is 77.2 Å². The third-order valence-corrected chi connectivity index (χ3v) is 10.4. The second-order valence-corrected chi connectivity index (χ2v) is 13.6. The minimum atomic E-state index is -1.46. The number of hydrogen-bond donors (Lipinski definition) is 2. The number of likely N-dealkylation sites (tertiary alicyclic amines) is 1. The number of unbranched alkanes of at least 4 members (excludes halogenated alkanes) is 1. The first-order chi connectivity index (χ1) is 22.7. The molecule has 2 saturated heterocycles. The molecule has 248 valence electrons. The molecular weight excluding hydrogens is 690 g/mol. The number of benzene rings is 2. The Kier molecular flexibility index (Phi) is 9.89. The maximum Gasteiger partial charge on any atom is 0.313 e. The average molecular weight is 727 g/mol. The van der Waals surface area contributed by atoms with E-state index in [4.69, 9.17) is 21.1 Å². The van der Waals surface area contributed by atoms with E-state index < -0.39 is 59.5 Å². The number of nitrogens with one attached hydrogen (secondary N) is 1. The first-order valence-electron chi connectivity index (χ1n) is 15.9. The molecule has 0 saturated carbocycles. The topological polar surface area (TPSA) is 125 Å². The average Bonchev–Trinajstić information content (AvgIpc) is 3.65. The van der Waals surface area contributed by atoms with Crippen molar-refractivity contribution in [3.05, 3.63) is 87.9 Å². The molecule has 6 rings (SSSR count). The third-order valence-electron chi connectivity index (χ3n) is 9.36. The summed E-state index contributed by atoms with van der Waals surface area (Å²) < 4.78 is 13.4. The van der Waals surface area contributed by atoms with Gasteiger partial charge in [-0.1, -0.05) is 82.1 Å². The van der Waals surface area contributed by atoms with Crippen LogP contribution in [0.1, 0.15) is 44.3 Å². The number of para-hydroxylation sites is 1. The summed E-state index contributed by atoms with van der Waals surface area (Å²) in [5, 5.41) is 12.8. The lowest BCUT2D eigenvalue weighted by Gasteiger charge is -2.36. The summed E-state index contributed by atoms with van der Waals surface area (Å²) in [6, 6.07) is 14.4. The number of aliphatic hydroxyl groups is 1. The van der Waals surface area contributed by atoms with Crippen LogP contribution in [0.5, 0.6) is 0 Å². The van der Waals surface area contributed by atoms with E-state index in [0.717, 1.165) is 0 Å². The molecule has 4 heterocycles. The number of amides is 3. The highest BCUT2D eigenvalue weighted by Crippen LogP contribution is 2.59. The molecular formula is C35H37BrClN3O7. The molecule has 12 heteroatoms. The van der Waals surface area contributed by atoms with Crippen LogP contribution >= 0.6 is 27.5 Å². The fraction of sp³-hybridized carbons (Fsp3) is 0.429. The van der Waals surface area contributed by atoms with Gasteiger partial charge in [0.25, 0.3) is 5.91 Å². The van der Waals surface area contributed by atoms with Gasteiger partial charge in [-0.3, -0.25) is 19.2 Å². The summed E-state index contributed by atoms with van der Waals surface area (Å²) in [5.74, 6) is -3.79. The maximum absolute atomic E-state index is 14.9. The van der Waals surface area contributed by atoms with Crippen molar-refractivity contribution in [1.82, 2.24) is 10.2 Å². The summed E-state index contributed by atoms with van der Waals surface area (Å²) in [6.07, 6.45) is 5.16. The highest BCUT2D eigenvalue weighted by atomic mass is 79.9. The van der Waals surface area contributed by atoms with Crippen molar-refractivity contribution in [3.8, 4) is 0 Å². The zero-order valence-electron chi connectivity index (χ0n) is 25.9. The fourth-order valence-electron chi connectivity index (χ4n) is 7.24. The number of fused-ring (bicyclic) bond motifs is 2. The number of esters is 1. The number of aliphatic hydroxyl groups excluding tert-OH is 1. The standard InChI is InChI=1S/C35H37BrClN3O7/c1-21-29(22-12-4-2-5-13-22)46-34(45)27-28-32(43)40(18-10-11-19-41)31(35(28)20-23(36)30(27)47-35)33(44)39(25-15-8-7-14-24(25)37)17-9-3-6-16-26(42)38-21/h2-5,7-9,12-15,20-21,27-31,41H,6,10-11,16-19H2,1H3,(H,38,42)/b9-3-/t21-,27+,28-,29+,30+,31+,35-/m1/s1. The Morgan fingerprint density at radius 1 is 1.00 bits per heavy atom. The third kappa shape index (κ3) is 6.14. The molecule has 10 nitrogen and oxygen atoms in total. The van der Waals surface area contributed by atoms with Gasteiger partial charge in [0.05, 0.1) is 22.7 Å². The number of ether oxygens (including phenoxy) is 2. The lowest BCUT2D eigenvalue weighted by Crippen LogP contribution is -2.56. The van der Waals surface area contributed by atoms with E-state index in [0.29, 0.717) is 40.0 Å². The lowest BCUT2D eigenvalue weighted by atomic mass is 9.74. The Balaban J connectivity index is 1.47. The lowest BCUT2D eigenvalue weighted by molar-refractivity contribution is -0.161. The maximum atomic E-state index is 14.9. The smallest absolute Gasteiger partial charge is 0.313 e. The second-order valence-electron chi connectivity index (χ2n) is 12.3. The number of carbonyl (C=O) groups excluding carboxylic acids is 4. The Morgan fingerprint density at radius 2 is 1.74 bits per heavy atom. The van der Waals surface area contributed by atoms with Crippen molar-refractivity contribution in [2.45, 2.75) is 62.5 Å². The largest absolute Gasteiger partial charge is 0.455 e. The van der Waals surface area contributed by atoms with Gasteiger partial charge in [-0.05, 0) is 50.0 Å². The minimum absolute atomic E-state index is 0.0691. The Labute approximate surface area is 286 Å². The van der Waals surface area contributed by atoms with E-state index in [1.165, 1.54) is 9.80 Å². The highest BCUT2D eigenvalue weighted by molar-refractivity contribution is 9.11. The molecule has 2 aromatic carbocycles. The summed E-state index contributed by atoms with van der Waals surface area (Å²) in [7, 11) is 0. The molecule has 0 unspecified atom stereocenters. The van der Waals surface area contributed by atoms with Crippen LogP contribution < -0.4 is 10.2 Å². The molecule has 1 spiro atoms. The fourth-order valence-corrected chi connectivity index (χ4v) is 8.22. The quantitative estimate of drug-likeness (QED) is 0.256. The van der Waals surface area contributed by atoms with Gasteiger partial charge in [-0.25, -0.2) is 0 Å². The van der Waals surface area contributed by atoms with Crippen LogP contribution in [0.2, 0.25) is 5.02 Å². The molecule has 5 bridgehead atoms. The van der Waals surface area contributed by atoms with Crippen molar-refractivity contribution in [2.24, 2.45) is 11.8 Å². The van der Waals surface area contributed by atoms with E-state index >= 15 is 0 Å². The molecule has 3 amide bonds. The zero-order chi connectivity index (χ0) is 33.3. The molecule has 0 radical (unpaired) electrons. The monoisotopic (exact) mass is 725 g/mol. The van der Waals surface area contributed by atoms with Gasteiger partial charge in [0.15, 0.2) is 0 Å². The van der Waals surface area contributed by atoms with Gasteiger partial charge in [0, 0.05) is 30.6 Å². The Hall–Kier alpha value is -3.51. The first-order valence-corrected chi connectivity index (χ1v) is 17.1. The van der Waals surface area contributed by atoms with Crippen molar-refractivity contribution in [3.63, 3.8) is 0 Å². The van der Waals surface area contributed by atoms with Crippen LogP contribution in [0.3, 0.4) is 0 Å². The minimum Gasteiger partial charge on any atom is -0.455 e. The summed E-state index contributed by atoms with van der Waals surface area (Å²) in [5.41, 5.74) is -0.320. The molecule has 2 fully saturated rings.